The number of rotatable bonds is 6. The van der Waals surface area contributed by atoms with Gasteiger partial charge in [-0.2, -0.15) is 0 Å². The second kappa shape index (κ2) is 7.49. The molecule has 10 heteroatoms. The highest BCUT2D eigenvalue weighted by Gasteiger charge is 2.26. The molecule has 2 aromatic rings. The molecule has 1 saturated heterocycles. The van der Waals surface area contributed by atoms with Crippen LogP contribution in [0.25, 0.3) is 0 Å². The van der Waals surface area contributed by atoms with E-state index >= 15 is 0 Å². The minimum Gasteiger partial charge on any atom is -0.495 e. The van der Waals surface area contributed by atoms with Crippen molar-refractivity contribution in [3.63, 3.8) is 0 Å². The smallest absolute Gasteiger partial charge is 0.324 e. The van der Waals surface area contributed by atoms with E-state index in [0.717, 1.165) is 5.69 Å². The van der Waals surface area contributed by atoms with Crippen molar-refractivity contribution in [2.24, 2.45) is 0 Å². The topological polar surface area (TPSA) is 96.4 Å². The molecule has 1 aromatic carbocycles. The average Bonchev–Trinajstić information content (AvgIpc) is 3.22. The third-order valence-electron chi connectivity index (χ3n) is 3.23. The van der Waals surface area contributed by atoms with Gasteiger partial charge in [0.05, 0.1) is 18.6 Å². The molecule has 0 spiro atoms. The molecule has 1 fully saturated rings. The van der Waals surface area contributed by atoms with Gasteiger partial charge in [-0.1, -0.05) is 35.2 Å². The van der Waals surface area contributed by atoms with Crippen LogP contribution in [0.3, 0.4) is 0 Å². The summed E-state index contributed by atoms with van der Waals surface area (Å²) < 4.78 is 5.92. The van der Waals surface area contributed by atoms with Crippen LogP contribution >= 0.6 is 23.1 Å². The Morgan fingerprint density at radius 3 is 3.04 bits per heavy atom. The Hall–Kier alpha value is -2.33. The molecule has 3 rings (SSSR count). The van der Waals surface area contributed by atoms with Crippen molar-refractivity contribution < 1.29 is 14.3 Å². The van der Waals surface area contributed by atoms with Crippen LogP contribution in [-0.4, -0.2) is 53.0 Å². The molecule has 0 aliphatic carbocycles. The zero-order chi connectivity index (χ0) is 16.9. The number of hydrogen-bond acceptors (Lipinski definition) is 8. The van der Waals surface area contributed by atoms with Gasteiger partial charge in [0.2, 0.25) is 11.0 Å². The number of carbonyl (C=O) groups is 2. The standard InChI is InChI=1S/C14H15N5O3S2/c1-22-10-5-3-2-4-9(10)16-12-17-18-14(24-12)23-8-11(20)19-7-6-15-13(19)21/h2-5H,6-8H2,1H3,(H,15,21)(H,16,17). The number of aromatic nitrogens is 2. The normalized spacial score (nSPS) is 13.7. The summed E-state index contributed by atoms with van der Waals surface area (Å²) in [5.74, 6) is 0.623. The highest BCUT2D eigenvalue weighted by molar-refractivity contribution is 8.01. The number of nitrogens with one attached hydrogen (secondary N) is 2. The van der Waals surface area contributed by atoms with Gasteiger partial charge in [0.15, 0.2) is 4.34 Å². The predicted molar refractivity (Wildman–Crippen MR) is 92.0 cm³/mol. The molecule has 1 aromatic heterocycles. The Bertz CT molecular complexity index is 752. The quantitative estimate of drug-likeness (QED) is 0.755. The number of benzene rings is 1. The van der Waals surface area contributed by atoms with E-state index in [0.29, 0.717) is 28.3 Å². The molecule has 0 unspecified atom stereocenters. The lowest BCUT2D eigenvalue weighted by Gasteiger charge is -2.10. The van der Waals surface area contributed by atoms with Gasteiger partial charge < -0.3 is 15.4 Å². The molecule has 0 atom stereocenters. The number of imide groups is 1. The van der Waals surface area contributed by atoms with E-state index < -0.39 is 0 Å². The highest BCUT2D eigenvalue weighted by Crippen LogP contribution is 2.31. The van der Waals surface area contributed by atoms with Crippen molar-refractivity contribution in [3.05, 3.63) is 24.3 Å². The Morgan fingerprint density at radius 2 is 2.29 bits per heavy atom. The van der Waals surface area contributed by atoms with Crippen LogP contribution in [0.4, 0.5) is 15.6 Å². The molecular formula is C14H15N5O3S2. The largest absolute Gasteiger partial charge is 0.495 e. The fraction of sp³-hybridized carbons (Fsp3) is 0.286. The minimum atomic E-state index is -0.337. The first kappa shape index (κ1) is 16.5. The van der Waals surface area contributed by atoms with Crippen molar-refractivity contribution in [2.75, 3.05) is 31.3 Å². The SMILES string of the molecule is COc1ccccc1Nc1nnc(SCC(=O)N2CCNC2=O)s1. The molecule has 0 bridgehead atoms. The van der Waals surface area contributed by atoms with Crippen LogP contribution in [0.2, 0.25) is 0 Å². The summed E-state index contributed by atoms with van der Waals surface area (Å²) in [6.45, 7) is 0.913. The molecule has 2 heterocycles. The lowest BCUT2D eigenvalue weighted by Crippen LogP contribution is -2.35. The van der Waals surface area contributed by atoms with Crippen molar-refractivity contribution in [3.8, 4) is 5.75 Å². The van der Waals surface area contributed by atoms with E-state index in [-0.39, 0.29) is 17.7 Å². The molecule has 0 radical (unpaired) electrons. The van der Waals surface area contributed by atoms with E-state index in [4.69, 9.17) is 4.74 Å². The zero-order valence-corrected chi connectivity index (χ0v) is 14.4. The Labute approximate surface area is 146 Å². The molecule has 24 heavy (non-hydrogen) atoms. The Balaban J connectivity index is 1.57. The first-order chi connectivity index (χ1) is 11.7. The number of urea groups is 1. The lowest BCUT2D eigenvalue weighted by molar-refractivity contribution is -0.124. The number of hydrogen-bond donors (Lipinski definition) is 2. The van der Waals surface area contributed by atoms with Gasteiger partial charge in [-0.3, -0.25) is 9.69 Å². The van der Waals surface area contributed by atoms with Crippen LogP contribution in [0.5, 0.6) is 5.75 Å². The molecule has 1 aliphatic heterocycles. The molecule has 3 amide bonds. The maximum Gasteiger partial charge on any atom is 0.324 e. The predicted octanol–water partition coefficient (Wildman–Crippen LogP) is 1.93. The van der Waals surface area contributed by atoms with E-state index in [9.17, 15) is 9.59 Å². The molecule has 1 aliphatic rings. The lowest BCUT2D eigenvalue weighted by atomic mass is 10.3. The summed E-state index contributed by atoms with van der Waals surface area (Å²) in [6, 6.07) is 7.16. The maximum absolute atomic E-state index is 12.0. The molecule has 8 nitrogen and oxygen atoms in total. The van der Waals surface area contributed by atoms with E-state index in [2.05, 4.69) is 20.8 Å². The van der Waals surface area contributed by atoms with Crippen LogP contribution in [0.1, 0.15) is 0 Å². The van der Waals surface area contributed by atoms with Crippen molar-refractivity contribution >= 4 is 45.9 Å². The van der Waals surface area contributed by atoms with Crippen LogP contribution in [0, 0.1) is 0 Å². The van der Waals surface area contributed by atoms with Crippen molar-refractivity contribution in [2.45, 2.75) is 4.34 Å². The van der Waals surface area contributed by atoms with Crippen molar-refractivity contribution in [1.29, 1.82) is 0 Å². The number of thioether (sulfide) groups is 1. The number of amides is 3. The number of para-hydroxylation sites is 2. The molecule has 0 saturated carbocycles. The summed E-state index contributed by atoms with van der Waals surface area (Å²) in [6.07, 6.45) is 0. The third-order valence-corrected chi connectivity index (χ3v) is 5.19. The van der Waals surface area contributed by atoms with Crippen LogP contribution in [0.15, 0.2) is 28.6 Å². The monoisotopic (exact) mass is 365 g/mol. The first-order valence-electron chi connectivity index (χ1n) is 7.12. The number of ether oxygens (including phenoxy) is 1. The number of anilines is 2. The second-order valence-corrected chi connectivity index (χ2v) is 6.96. The Kier molecular flexibility index (Phi) is 5.16. The van der Waals surface area contributed by atoms with E-state index in [1.807, 2.05) is 24.3 Å². The van der Waals surface area contributed by atoms with Gasteiger partial charge in [0.1, 0.15) is 5.75 Å². The Morgan fingerprint density at radius 1 is 1.46 bits per heavy atom. The summed E-state index contributed by atoms with van der Waals surface area (Å²) in [5, 5.41) is 14.4. The highest BCUT2D eigenvalue weighted by atomic mass is 32.2. The fourth-order valence-corrected chi connectivity index (χ4v) is 3.73. The first-order valence-corrected chi connectivity index (χ1v) is 8.92. The summed E-state index contributed by atoms with van der Waals surface area (Å²) in [4.78, 5) is 24.6. The van der Waals surface area contributed by atoms with Gasteiger partial charge in [-0.25, -0.2) is 4.79 Å². The fourth-order valence-electron chi connectivity index (χ4n) is 2.09. The molecular weight excluding hydrogens is 350 g/mol. The third kappa shape index (κ3) is 3.77. The zero-order valence-electron chi connectivity index (χ0n) is 12.8. The second-order valence-electron chi connectivity index (χ2n) is 4.76. The van der Waals surface area contributed by atoms with Gasteiger partial charge in [0, 0.05) is 13.1 Å². The van der Waals surface area contributed by atoms with Gasteiger partial charge in [-0.15, -0.1) is 10.2 Å². The maximum atomic E-state index is 12.0. The van der Waals surface area contributed by atoms with Crippen LogP contribution < -0.4 is 15.4 Å². The summed E-state index contributed by atoms with van der Waals surface area (Å²) in [7, 11) is 1.60. The number of nitrogens with zero attached hydrogens (tertiary/aromatic N) is 3. The molecule has 126 valence electrons. The summed E-state index contributed by atoms with van der Waals surface area (Å²) >= 11 is 2.60. The number of carbonyl (C=O) groups excluding carboxylic acids is 2. The van der Waals surface area contributed by atoms with Crippen molar-refractivity contribution in [1.82, 2.24) is 20.4 Å². The summed E-state index contributed by atoms with van der Waals surface area (Å²) in [5.41, 5.74) is 0.789. The molecule has 2 N–H and O–H groups in total. The van der Waals surface area contributed by atoms with Crippen LogP contribution in [-0.2, 0) is 4.79 Å². The van der Waals surface area contributed by atoms with Gasteiger partial charge in [0.25, 0.3) is 0 Å². The van der Waals surface area contributed by atoms with Gasteiger partial charge in [-0.05, 0) is 12.1 Å². The van der Waals surface area contributed by atoms with E-state index in [1.165, 1.54) is 28.0 Å². The average molecular weight is 365 g/mol. The van der Waals surface area contributed by atoms with E-state index in [1.54, 1.807) is 7.11 Å². The van der Waals surface area contributed by atoms with Gasteiger partial charge >= 0.3 is 6.03 Å². The minimum absolute atomic E-state index is 0.150. The number of methoxy groups -OCH3 is 1.